The molecule has 3 aromatic rings. The molecule has 0 N–H and O–H groups in total. The molecular weight excluding hydrogens is 370 g/mol. The summed E-state index contributed by atoms with van der Waals surface area (Å²) in [6, 6.07) is 9.79. The first-order chi connectivity index (χ1) is 14.2. The van der Waals surface area contributed by atoms with Crippen molar-refractivity contribution in [3.8, 4) is 22.6 Å². The number of fused-ring (bicyclic) bond motifs is 3. The predicted molar refractivity (Wildman–Crippen MR) is 108 cm³/mol. The van der Waals surface area contributed by atoms with Crippen molar-refractivity contribution < 1.29 is 14.1 Å². The normalized spacial score (nSPS) is 21.1. The van der Waals surface area contributed by atoms with Crippen LogP contribution in [0, 0.1) is 0 Å². The van der Waals surface area contributed by atoms with E-state index in [0.29, 0.717) is 48.9 Å². The summed E-state index contributed by atoms with van der Waals surface area (Å²) in [4.78, 5) is 26.3. The Morgan fingerprint density at radius 1 is 1.24 bits per heavy atom. The number of likely N-dealkylation sites (N-methyl/N-ethyl adjacent to an activating group) is 1. The lowest BCUT2D eigenvalue weighted by molar-refractivity contribution is -0.128. The molecule has 148 valence electrons. The van der Waals surface area contributed by atoms with Gasteiger partial charge in [0.2, 0.25) is 0 Å². The van der Waals surface area contributed by atoms with Crippen LogP contribution in [0.3, 0.4) is 0 Å². The van der Waals surface area contributed by atoms with Crippen molar-refractivity contribution in [1.29, 1.82) is 0 Å². The van der Waals surface area contributed by atoms with Crippen LogP contribution in [0.5, 0.6) is 0 Å². The highest BCUT2D eigenvalue weighted by Gasteiger charge is 2.52. The molecule has 0 radical (unpaired) electrons. The molecule has 0 bridgehead atoms. The van der Waals surface area contributed by atoms with Crippen LogP contribution in [0.25, 0.3) is 22.6 Å². The maximum atomic E-state index is 13.2. The standard InChI is InChI=1S/C21H21N5O3/c1-3-21-13-28-10-9-26(21)19-16(25(2)20(21)27)11-22-18(23-19)15-12-29-24-17(15)14-7-5-4-6-8-14/h4-8,11-12H,3,9-10,13H2,1-2H3/t21-/m0/s1. The highest BCUT2D eigenvalue weighted by Crippen LogP contribution is 2.42. The Balaban J connectivity index is 1.65. The molecule has 8 nitrogen and oxygen atoms in total. The second-order valence-electron chi connectivity index (χ2n) is 7.30. The first-order valence-corrected chi connectivity index (χ1v) is 9.66. The Morgan fingerprint density at radius 2 is 2.07 bits per heavy atom. The molecule has 0 unspecified atom stereocenters. The third kappa shape index (κ3) is 2.56. The number of aromatic nitrogens is 3. The maximum absolute atomic E-state index is 13.2. The van der Waals surface area contributed by atoms with Crippen molar-refractivity contribution in [2.45, 2.75) is 18.9 Å². The molecule has 1 fully saturated rings. The molecule has 8 heteroatoms. The lowest BCUT2D eigenvalue weighted by Crippen LogP contribution is -2.68. The molecule has 1 aromatic carbocycles. The zero-order valence-corrected chi connectivity index (χ0v) is 16.3. The number of carbonyl (C=O) groups excluding carboxylic acids is 1. The molecule has 1 saturated heterocycles. The van der Waals surface area contributed by atoms with E-state index in [1.807, 2.05) is 37.3 Å². The fourth-order valence-electron chi connectivity index (χ4n) is 4.17. The molecule has 29 heavy (non-hydrogen) atoms. The zero-order chi connectivity index (χ0) is 20.0. The van der Waals surface area contributed by atoms with Gasteiger partial charge in [-0.3, -0.25) is 4.79 Å². The minimum absolute atomic E-state index is 0.0125. The van der Waals surface area contributed by atoms with Crippen LogP contribution in [0.15, 0.2) is 47.3 Å². The number of hydrogen-bond acceptors (Lipinski definition) is 7. The summed E-state index contributed by atoms with van der Waals surface area (Å²) < 4.78 is 10.9. The molecule has 5 rings (SSSR count). The van der Waals surface area contributed by atoms with E-state index in [4.69, 9.17) is 14.2 Å². The fraction of sp³-hybridized carbons (Fsp3) is 0.333. The smallest absolute Gasteiger partial charge is 0.255 e. The molecule has 2 aliphatic heterocycles. The Hall–Kier alpha value is -3.26. The van der Waals surface area contributed by atoms with E-state index in [0.717, 1.165) is 11.4 Å². The van der Waals surface area contributed by atoms with Crippen LogP contribution in [0.4, 0.5) is 11.5 Å². The van der Waals surface area contributed by atoms with E-state index >= 15 is 0 Å². The van der Waals surface area contributed by atoms with Gasteiger partial charge >= 0.3 is 0 Å². The van der Waals surface area contributed by atoms with Gasteiger partial charge in [-0.15, -0.1) is 0 Å². The quantitative estimate of drug-likeness (QED) is 0.679. The molecule has 0 aliphatic carbocycles. The lowest BCUT2D eigenvalue weighted by Gasteiger charge is -2.51. The second kappa shape index (κ2) is 6.66. The van der Waals surface area contributed by atoms with Crippen LogP contribution < -0.4 is 9.80 Å². The van der Waals surface area contributed by atoms with Crippen molar-refractivity contribution in [2.75, 3.05) is 36.6 Å². The van der Waals surface area contributed by atoms with E-state index in [-0.39, 0.29) is 5.91 Å². The number of anilines is 2. The monoisotopic (exact) mass is 391 g/mol. The van der Waals surface area contributed by atoms with Gasteiger partial charge in [0, 0.05) is 19.2 Å². The Bertz CT molecular complexity index is 1070. The Morgan fingerprint density at radius 3 is 2.86 bits per heavy atom. The fourth-order valence-corrected chi connectivity index (χ4v) is 4.17. The van der Waals surface area contributed by atoms with Gasteiger partial charge in [-0.05, 0) is 6.42 Å². The average molecular weight is 391 g/mol. The van der Waals surface area contributed by atoms with Gasteiger partial charge in [0.25, 0.3) is 5.91 Å². The number of nitrogens with zero attached hydrogens (tertiary/aromatic N) is 5. The second-order valence-corrected chi connectivity index (χ2v) is 7.30. The summed E-state index contributed by atoms with van der Waals surface area (Å²) in [7, 11) is 1.77. The van der Waals surface area contributed by atoms with Crippen LogP contribution in [0.2, 0.25) is 0 Å². The summed E-state index contributed by atoms with van der Waals surface area (Å²) in [5.41, 5.74) is 2.30. The van der Waals surface area contributed by atoms with E-state index in [9.17, 15) is 4.79 Å². The number of hydrogen-bond donors (Lipinski definition) is 0. The van der Waals surface area contributed by atoms with Crippen molar-refractivity contribution in [1.82, 2.24) is 15.1 Å². The summed E-state index contributed by atoms with van der Waals surface area (Å²) in [5.74, 6) is 1.27. The highest BCUT2D eigenvalue weighted by molar-refractivity contribution is 6.07. The maximum Gasteiger partial charge on any atom is 0.255 e. The molecule has 0 saturated carbocycles. The summed E-state index contributed by atoms with van der Waals surface area (Å²) in [6.07, 6.45) is 3.90. The molecule has 0 spiro atoms. The summed E-state index contributed by atoms with van der Waals surface area (Å²) in [5, 5.41) is 4.16. The third-order valence-electron chi connectivity index (χ3n) is 5.83. The van der Waals surface area contributed by atoms with Crippen LogP contribution in [-0.2, 0) is 9.53 Å². The van der Waals surface area contributed by atoms with Gasteiger partial charge in [0.05, 0.1) is 25.0 Å². The number of carbonyl (C=O) groups is 1. The van der Waals surface area contributed by atoms with Crippen molar-refractivity contribution in [3.05, 3.63) is 42.8 Å². The lowest BCUT2D eigenvalue weighted by atomic mass is 9.89. The van der Waals surface area contributed by atoms with Crippen molar-refractivity contribution in [3.63, 3.8) is 0 Å². The Kier molecular flexibility index (Phi) is 4.09. The predicted octanol–water partition coefficient (Wildman–Crippen LogP) is 2.76. The molecule has 2 aliphatic rings. The van der Waals surface area contributed by atoms with E-state index in [2.05, 4.69) is 15.0 Å². The van der Waals surface area contributed by atoms with E-state index < -0.39 is 5.54 Å². The third-order valence-corrected chi connectivity index (χ3v) is 5.83. The largest absolute Gasteiger partial charge is 0.377 e. The first kappa shape index (κ1) is 17.8. The molecule has 2 aromatic heterocycles. The SMILES string of the molecule is CC[C@@]12COCCN1c1nc(-c3conc3-c3ccccc3)ncc1N(C)C2=O. The van der Waals surface area contributed by atoms with Crippen LogP contribution >= 0.6 is 0 Å². The summed E-state index contributed by atoms with van der Waals surface area (Å²) in [6.45, 7) is 3.52. The number of rotatable bonds is 3. The van der Waals surface area contributed by atoms with Crippen LogP contribution in [-0.4, -0.2) is 53.4 Å². The minimum atomic E-state index is -0.734. The topological polar surface area (TPSA) is 84.6 Å². The number of benzene rings is 1. The Labute approximate surface area is 168 Å². The van der Waals surface area contributed by atoms with Gasteiger partial charge in [-0.1, -0.05) is 42.4 Å². The molecular formula is C21H21N5O3. The zero-order valence-electron chi connectivity index (χ0n) is 16.3. The summed E-state index contributed by atoms with van der Waals surface area (Å²) >= 11 is 0. The van der Waals surface area contributed by atoms with Crippen molar-refractivity contribution >= 4 is 17.4 Å². The van der Waals surface area contributed by atoms with Gasteiger partial charge in [-0.2, -0.15) is 0 Å². The van der Waals surface area contributed by atoms with E-state index in [1.165, 1.54) is 0 Å². The number of amides is 1. The van der Waals surface area contributed by atoms with Gasteiger partial charge in [-0.25, -0.2) is 9.97 Å². The van der Waals surface area contributed by atoms with Gasteiger partial charge < -0.3 is 19.1 Å². The van der Waals surface area contributed by atoms with E-state index in [1.54, 1.807) is 24.4 Å². The first-order valence-electron chi connectivity index (χ1n) is 9.66. The molecule has 4 heterocycles. The van der Waals surface area contributed by atoms with Gasteiger partial charge in [0.1, 0.15) is 23.2 Å². The van der Waals surface area contributed by atoms with Gasteiger partial charge in [0.15, 0.2) is 11.6 Å². The molecule has 1 atom stereocenters. The highest BCUT2D eigenvalue weighted by atomic mass is 16.5. The average Bonchev–Trinajstić information content (AvgIpc) is 3.27. The van der Waals surface area contributed by atoms with Crippen molar-refractivity contribution in [2.24, 2.45) is 0 Å². The number of morpholine rings is 1. The number of ether oxygens (including phenoxy) is 1. The molecule has 1 amide bonds. The minimum Gasteiger partial charge on any atom is -0.377 e. The van der Waals surface area contributed by atoms with Crippen LogP contribution in [0.1, 0.15) is 13.3 Å².